The van der Waals surface area contributed by atoms with E-state index in [1.165, 1.54) is 37.8 Å². The lowest BCUT2D eigenvalue weighted by molar-refractivity contribution is 0.255. The molecule has 20 heavy (non-hydrogen) atoms. The van der Waals surface area contributed by atoms with Crippen LogP contribution in [0.15, 0.2) is 24.3 Å². The van der Waals surface area contributed by atoms with Gasteiger partial charge in [-0.2, -0.15) is 0 Å². The Labute approximate surface area is 123 Å². The second kappa shape index (κ2) is 9.89. The number of hydrogen-bond donors (Lipinski definition) is 1. The minimum Gasteiger partial charge on any atom is -0.324 e. The molecule has 1 aromatic rings. The summed E-state index contributed by atoms with van der Waals surface area (Å²) in [7, 11) is 0. The molecule has 114 valence electrons. The first-order valence-corrected chi connectivity index (χ1v) is 7.90. The molecule has 3 heteroatoms. The maximum Gasteiger partial charge on any atom is 0.123 e. The highest BCUT2D eigenvalue weighted by molar-refractivity contribution is 5.19. The number of nitrogens with two attached hydrogens (primary N) is 1. The fourth-order valence-electron chi connectivity index (χ4n) is 2.30. The third kappa shape index (κ3) is 6.49. The Bertz CT molecular complexity index is 343. The van der Waals surface area contributed by atoms with E-state index in [4.69, 9.17) is 5.73 Å². The van der Waals surface area contributed by atoms with E-state index < -0.39 is 0 Å². The average molecular weight is 280 g/mol. The van der Waals surface area contributed by atoms with Gasteiger partial charge in [-0.1, -0.05) is 38.8 Å². The fraction of sp³-hybridized carbons (Fsp3) is 0.647. The van der Waals surface area contributed by atoms with Gasteiger partial charge in [0.25, 0.3) is 0 Å². The molecule has 0 spiro atoms. The van der Waals surface area contributed by atoms with Gasteiger partial charge in [-0.05, 0) is 56.6 Å². The van der Waals surface area contributed by atoms with Gasteiger partial charge in [-0.25, -0.2) is 4.39 Å². The smallest absolute Gasteiger partial charge is 0.123 e. The van der Waals surface area contributed by atoms with Gasteiger partial charge in [0, 0.05) is 6.04 Å². The van der Waals surface area contributed by atoms with E-state index in [9.17, 15) is 4.39 Å². The maximum absolute atomic E-state index is 12.9. The normalized spacial score (nSPS) is 12.8. The standard InChI is InChI=1S/C17H29FN2/c1-3-5-12-20(13-6-4-2)14-11-17(19)15-7-9-16(18)10-8-15/h7-10,17H,3-6,11-14,19H2,1-2H3. The van der Waals surface area contributed by atoms with Gasteiger partial charge in [0.2, 0.25) is 0 Å². The summed E-state index contributed by atoms with van der Waals surface area (Å²) < 4.78 is 12.9. The Kier molecular flexibility index (Phi) is 8.47. The molecule has 0 aliphatic rings. The lowest BCUT2D eigenvalue weighted by Gasteiger charge is -2.23. The van der Waals surface area contributed by atoms with Gasteiger partial charge >= 0.3 is 0 Å². The zero-order valence-electron chi connectivity index (χ0n) is 12.9. The highest BCUT2D eigenvalue weighted by Crippen LogP contribution is 2.15. The van der Waals surface area contributed by atoms with E-state index in [1.54, 1.807) is 12.1 Å². The highest BCUT2D eigenvalue weighted by atomic mass is 19.1. The molecule has 0 fully saturated rings. The molecule has 0 amide bonds. The van der Waals surface area contributed by atoms with Crippen molar-refractivity contribution in [3.63, 3.8) is 0 Å². The molecule has 0 bridgehead atoms. The van der Waals surface area contributed by atoms with E-state index in [-0.39, 0.29) is 11.9 Å². The molecule has 0 radical (unpaired) electrons. The predicted molar refractivity (Wildman–Crippen MR) is 84.2 cm³/mol. The number of rotatable bonds is 10. The molecule has 1 rings (SSSR count). The Balaban J connectivity index is 2.41. The molecule has 1 unspecified atom stereocenters. The van der Waals surface area contributed by atoms with Crippen molar-refractivity contribution in [2.45, 2.75) is 52.0 Å². The number of hydrogen-bond acceptors (Lipinski definition) is 2. The maximum atomic E-state index is 12.9. The van der Waals surface area contributed by atoms with Gasteiger partial charge in [-0.3, -0.25) is 0 Å². The third-order valence-electron chi connectivity index (χ3n) is 3.71. The van der Waals surface area contributed by atoms with Gasteiger partial charge in [-0.15, -0.1) is 0 Å². The number of halogens is 1. The van der Waals surface area contributed by atoms with Crippen LogP contribution in [0.3, 0.4) is 0 Å². The molecule has 0 saturated carbocycles. The zero-order chi connectivity index (χ0) is 14.8. The van der Waals surface area contributed by atoms with Crippen molar-refractivity contribution in [3.05, 3.63) is 35.6 Å². The van der Waals surface area contributed by atoms with E-state index in [0.717, 1.165) is 31.6 Å². The van der Waals surface area contributed by atoms with Crippen molar-refractivity contribution in [3.8, 4) is 0 Å². The van der Waals surface area contributed by atoms with Crippen LogP contribution in [0.25, 0.3) is 0 Å². The third-order valence-corrected chi connectivity index (χ3v) is 3.71. The molecular weight excluding hydrogens is 251 g/mol. The van der Waals surface area contributed by atoms with Crippen LogP contribution in [0, 0.1) is 5.82 Å². The number of unbranched alkanes of at least 4 members (excludes halogenated alkanes) is 2. The number of benzene rings is 1. The largest absolute Gasteiger partial charge is 0.324 e. The summed E-state index contributed by atoms with van der Waals surface area (Å²) in [5.74, 6) is -0.200. The molecule has 0 aliphatic carbocycles. The Hall–Kier alpha value is -0.930. The van der Waals surface area contributed by atoms with Crippen molar-refractivity contribution in [1.29, 1.82) is 0 Å². The lowest BCUT2D eigenvalue weighted by atomic mass is 10.0. The summed E-state index contributed by atoms with van der Waals surface area (Å²) in [6.45, 7) is 7.79. The minimum absolute atomic E-state index is 0.00125. The topological polar surface area (TPSA) is 29.3 Å². The Morgan fingerprint density at radius 1 is 1.00 bits per heavy atom. The zero-order valence-corrected chi connectivity index (χ0v) is 12.9. The first-order valence-electron chi connectivity index (χ1n) is 7.90. The predicted octanol–water partition coefficient (Wildman–Crippen LogP) is 4.12. The second-order valence-corrected chi connectivity index (χ2v) is 5.50. The van der Waals surface area contributed by atoms with Crippen molar-refractivity contribution in [2.75, 3.05) is 19.6 Å². The second-order valence-electron chi connectivity index (χ2n) is 5.50. The first kappa shape index (κ1) is 17.1. The summed E-state index contributed by atoms with van der Waals surface area (Å²) in [6, 6.07) is 6.56. The molecular formula is C17H29FN2. The van der Waals surface area contributed by atoms with Crippen LogP contribution in [-0.4, -0.2) is 24.5 Å². The molecule has 0 aliphatic heterocycles. The quantitative estimate of drug-likeness (QED) is 0.698. The molecule has 2 N–H and O–H groups in total. The molecule has 0 saturated heterocycles. The van der Waals surface area contributed by atoms with E-state index in [0.29, 0.717) is 0 Å². The van der Waals surface area contributed by atoms with Crippen LogP contribution in [0.2, 0.25) is 0 Å². The monoisotopic (exact) mass is 280 g/mol. The highest BCUT2D eigenvalue weighted by Gasteiger charge is 2.09. The minimum atomic E-state index is -0.200. The van der Waals surface area contributed by atoms with Gasteiger partial charge in [0.15, 0.2) is 0 Å². The molecule has 2 nitrogen and oxygen atoms in total. The van der Waals surface area contributed by atoms with Crippen LogP contribution < -0.4 is 5.73 Å². The number of nitrogens with zero attached hydrogens (tertiary/aromatic N) is 1. The van der Waals surface area contributed by atoms with Crippen LogP contribution in [-0.2, 0) is 0 Å². The summed E-state index contributed by atoms with van der Waals surface area (Å²) >= 11 is 0. The van der Waals surface area contributed by atoms with Gasteiger partial charge < -0.3 is 10.6 Å². The van der Waals surface area contributed by atoms with Crippen molar-refractivity contribution < 1.29 is 4.39 Å². The van der Waals surface area contributed by atoms with E-state index >= 15 is 0 Å². The van der Waals surface area contributed by atoms with Crippen molar-refractivity contribution in [1.82, 2.24) is 4.90 Å². The van der Waals surface area contributed by atoms with Crippen LogP contribution >= 0.6 is 0 Å². The van der Waals surface area contributed by atoms with E-state index in [2.05, 4.69) is 18.7 Å². The first-order chi connectivity index (χ1) is 9.67. The average Bonchev–Trinajstić information content (AvgIpc) is 2.47. The molecule has 1 atom stereocenters. The van der Waals surface area contributed by atoms with Crippen LogP contribution in [0.1, 0.15) is 57.6 Å². The van der Waals surface area contributed by atoms with Gasteiger partial charge in [0.05, 0.1) is 0 Å². The molecule has 0 heterocycles. The summed E-state index contributed by atoms with van der Waals surface area (Å²) in [4.78, 5) is 2.51. The Morgan fingerprint density at radius 3 is 2.05 bits per heavy atom. The van der Waals surface area contributed by atoms with Crippen molar-refractivity contribution >= 4 is 0 Å². The van der Waals surface area contributed by atoms with Gasteiger partial charge in [0.1, 0.15) is 5.82 Å². The molecule has 1 aromatic carbocycles. The summed E-state index contributed by atoms with van der Waals surface area (Å²) in [5.41, 5.74) is 7.23. The fourth-order valence-corrected chi connectivity index (χ4v) is 2.30. The lowest BCUT2D eigenvalue weighted by Crippen LogP contribution is -2.29. The van der Waals surface area contributed by atoms with Crippen LogP contribution in [0.5, 0.6) is 0 Å². The summed E-state index contributed by atoms with van der Waals surface area (Å²) in [6.07, 6.45) is 5.88. The Morgan fingerprint density at radius 2 is 1.55 bits per heavy atom. The van der Waals surface area contributed by atoms with E-state index in [1.807, 2.05) is 0 Å². The molecule has 0 aromatic heterocycles. The summed E-state index contributed by atoms with van der Waals surface area (Å²) in [5, 5.41) is 0. The van der Waals surface area contributed by atoms with Crippen molar-refractivity contribution in [2.24, 2.45) is 5.73 Å². The van der Waals surface area contributed by atoms with Crippen LogP contribution in [0.4, 0.5) is 4.39 Å². The SMILES string of the molecule is CCCCN(CCCC)CCC(N)c1ccc(F)cc1.